The number of nitrogens with zero attached hydrogens (tertiary/aromatic N) is 1. The number of likely N-dealkylation sites (N-methyl/N-ethyl adjacent to an activating group) is 1. The van der Waals surface area contributed by atoms with Gasteiger partial charge in [-0.1, -0.05) is 0 Å². The molecule has 0 bridgehead atoms. The van der Waals surface area contributed by atoms with Crippen molar-refractivity contribution in [1.29, 1.82) is 0 Å². The predicted molar refractivity (Wildman–Crippen MR) is 41.2 cm³/mol. The molecule has 0 aromatic rings. The van der Waals surface area contributed by atoms with Gasteiger partial charge in [0.05, 0.1) is 27.6 Å². The monoisotopic (exact) mass is 161 g/mol. The van der Waals surface area contributed by atoms with E-state index in [2.05, 4.69) is 0 Å². The molecular formula is C7H16NO3+. The van der Waals surface area contributed by atoms with Gasteiger partial charge in [0, 0.05) is 0 Å². The highest BCUT2D eigenvalue weighted by molar-refractivity contribution is 5.67. The molecule has 0 aliphatic heterocycles. The normalized spacial score (nSPS) is 14.5. The molecule has 0 aromatic carbocycles. The fourth-order valence-corrected chi connectivity index (χ4v) is 0.898. The van der Waals surface area contributed by atoms with E-state index in [1.54, 1.807) is 0 Å². The first-order valence-corrected chi connectivity index (χ1v) is 3.51. The Morgan fingerprint density at radius 1 is 1.45 bits per heavy atom. The number of quaternary nitrogens is 1. The quantitative estimate of drug-likeness (QED) is 0.548. The van der Waals surface area contributed by atoms with Gasteiger partial charge in [-0.15, -0.1) is 0 Å². The molecule has 0 heterocycles. The van der Waals surface area contributed by atoms with Crippen LogP contribution in [-0.4, -0.2) is 54.5 Å². The fourth-order valence-electron chi connectivity index (χ4n) is 0.898. The summed E-state index contributed by atoms with van der Waals surface area (Å²) in [6.07, 6.45) is -0.914. The summed E-state index contributed by atoms with van der Waals surface area (Å²) < 4.78 is 0.578. The lowest BCUT2D eigenvalue weighted by Crippen LogP contribution is -2.42. The SMILES string of the molecule is C[N+](C)([11CH3])C[C@H](O)CC(=O)O. The van der Waals surface area contributed by atoms with E-state index < -0.39 is 12.1 Å². The summed E-state index contributed by atoms with van der Waals surface area (Å²) in [4.78, 5) is 10.1. The molecule has 0 saturated heterocycles. The average molecular weight is 161 g/mol. The van der Waals surface area contributed by atoms with Crippen molar-refractivity contribution in [2.24, 2.45) is 0 Å². The summed E-state index contributed by atoms with van der Waals surface area (Å²) in [5.74, 6) is -0.953. The zero-order chi connectivity index (χ0) is 9.07. The highest BCUT2D eigenvalue weighted by Crippen LogP contribution is 1.98. The molecule has 0 rings (SSSR count). The smallest absolute Gasteiger partial charge is 0.306 e. The molecule has 4 heteroatoms. The van der Waals surface area contributed by atoms with Gasteiger partial charge in [-0.05, 0) is 0 Å². The number of hydrogen-bond donors (Lipinski definition) is 2. The van der Waals surface area contributed by atoms with E-state index in [1.165, 1.54) is 0 Å². The number of aliphatic carboxylic acids is 1. The first kappa shape index (κ1) is 10.4. The zero-order valence-corrected chi connectivity index (χ0v) is 7.24. The van der Waals surface area contributed by atoms with Gasteiger partial charge >= 0.3 is 5.97 Å². The number of aliphatic hydroxyl groups is 1. The van der Waals surface area contributed by atoms with Crippen molar-refractivity contribution in [3.05, 3.63) is 0 Å². The van der Waals surface area contributed by atoms with E-state index in [-0.39, 0.29) is 6.42 Å². The largest absolute Gasteiger partial charge is 0.481 e. The molecule has 0 spiro atoms. The van der Waals surface area contributed by atoms with Crippen molar-refractivity contribution >= 4 is 5.97 Å². The lowest BCUT2D eigenvalue weighted by Gasteiger charge is -2.25. The number of carbonyl (C=O) groups is 1. The lowest BCUT2D eigenvalue weighted by atomic mass is 10.2. The highest BCUT2D eigenvalue weighted by atomic mass is 16.4. The number of hydrogen-bond acceptors (Lipinski definition) is 2. The summed E-state index contributed by atoms with van der Waals surface area (Å²) >= 11 is 0. The topological polar surface area (TPSA) is 57.5 Å². The van der Waals surface area contributed by atoms with E-state index in [0.29, 0.717) is 11.0 Å². The number of rotatable bonds is 4. The van der Waals surface area contributed by atoms with Crippen molar-refractivity contribution in [2.75, 3.05) is 27.7 Å². The summed E-state index contributed by atoms with van der Waals surface area (Å²) in [5, 5.41) is 17.5. The lowest BCUT2D eigenvalue weighted by molar-refractivity contribution is -0.873. The molecule has 0 fully saturated rings. The van der Waals surface area contributed by atoms with Gasteiger partial charge in [0.15, 0.2) is 0 Å². The minimum Gasteiger partial charge on any atom is -0.481 e. The molecule has 0 radical (unpaired) electrons. The van der Waals surface area contributed by atoms with Gasteiger partial charge in [0.2, 0.25) is 0 Å². The molecular weight excluding hydrogens is 145 g/mol. The van der Waals surface area contributed by atoms with Crippen LogP contribution in [0.15, 0.2) is 0 Å². The maximum Gasteiger partial charge on any atom is 0.306 e. The van der Waals surface area contributed by atoms with Crippen LogP contribution < -0.4 is 0 Å². The van der Waals surface area contributed by atoms with E-state index in [0.717, 1.165) is 0 Å². The first-order valence-electron chi connectivity index (χ1n) is 3.51. The average Bonchev–Trinajstić information content (AvgIpc) is 1.53. The van der Waals surface area contributed by atoms with Crippen LogP contribution in [-0.2, 0) is 4.79 Å². The zero-order valence-electron chi connectivity index (χ0n) is 7.24. The summed E-state index contributed by atoms with van der Waals surface area (Å²) in [6, 6.07) is 0. The summed E-state index contributed by atoms with van der Waals surface area (Å²) in [6.45, 7) is 0.465. The van der Waals surface area contributed by atoms with Gasteiger partial charge in [-0.3, -0.25) is 4.79 Å². The second kappa shape index (κ2) is 3.69. The Kier molecular flexibility index (Phi) is 3.48. The molecule has 0 aromatic heterocycles. The molecule has 66 valence electrons. The van der Waals surface area contributed by atoms with Gasteiger partial charge in [-0.2, -0.15) is 0 Å². The third-order valence-electron chi connectivity index (χ3n) is 1.17. The Morgan fingerprint density at radius 3 is 2.18 bits per heavy atom. The summed E-state index contributed by atoms with van der Waals surface area (Å²) in [5.41, 5.74) is 0. The van der Waals surface area contributed by atoms with Crippen LogP contribution in [0.25, 0.3) is 0 Å². The van der Waals surface area contributed by atoms with Gasteiger partial charge in [0.1, 0.15) is 12.6 Å². The minimum atomic E-state index is -0.953. The minimum absolute atomic E-state index is 0.171. The molecule has 4 nitrogen and oxygen atoms in total. The van der Waals surface area contributed by atoms with Gasteiger partial charge in [0.25, 0.3) is 0 Å². The molecule has 0 saturated carbocycles. The van der Waals surface area contributed by atoms with Crippen LogP contribution in [0.3, 0.4) is 0 Å². The number of carboxylic acids is 1. The number of carboxylic acid groups (broad SMARTS) is 1. The Hall–Kier alpha value is -0.610. The van der Waals surface area contributed by atoms with Crippen LogP contribution in [0.5, 0.6) is 0 Å². The maximum absolute atomic E-state index is 10.1. The van der Waals surface area contributed by atoms with Crippen LogP contribution in [0.2, 0.25) is 0 Å². The Labute approximate surface area is 66.6 Å². The van der Waals surface area contributed by atoms with E-state index in [9.17, 15) is 4.79 Å². The molecule has 2 N–H and O–H groups in total. The first-order chi connectivity index (χ1) is 4.81. The molecule has 11 heavy (non-hydrogen) atoms. The van der Waals surface area contributed by atoms with E-state index in [1.807, 2.05) is 21.1 Å². The Morgan fingerprint density at radius 2 is 1.91 bits per heavy atom. The Balaban J connectivity index is 3.69. The van der Waals surface area contributed by atoms with Crippen LogP contribution >= 0.6 is 0 Å². The molecule has 1 atom stereocenters. The molecule has 0 aliphatic rings. The van der Waals surface area contributed by atoms with Crippen LogP contribution in [0.4, 0.5) is 0 Å². The number of aliphatic hydroxyl groups excluding tert-OH is 1. The van der Waals surface area contributed by atoms with Crippen molar-refractivity contribution in [3.63, 3.8) is 0 Å². The van der Waals surface area contributed by atoms with Crippen LogP contribution in [0, 0.1) is 0 Å². The standard InChI is InChI=1S/C7H15NO3/c1-8(2,3)5-6(9)4-7(10)11/h6,9H,4-5H2,1-3H3/p+1/t6-/m1/s1/i1-1. The second-order valence-electron chi connectivity index (χ2n) is 3.72. The molecule has 0 amide bonds. The molecule has 0 aliphatic carbocycles. The van der Waals surface area contributed by atoms with Crippen molar-refractivity contribution in [1.82, 2.24) is 0 Å². The summed E-state index contributed by atoms with van der Waals surface area (Å²) in [7, 11) is 5.72. The van der Waals surface area contributed by atoms with Crippen molar-refractivity contribution in [2.45, 2.75) is 12.5 Å². The van der Waals surface area contributed by atoms with Gasteiger partial charge < -0.3 is 14.7 Å². The van der Waals surface area contributed by atoms with E-state index >= 15 is 0 Å². The Bertz CT molecular complexity index is 139. The van der Waals surface area contributed by atoms with Crippen molar-refractivity contribution < 1.29 is 19.5 Å². The second-order valence-corrected chi connectivity index (χ2v) is 3.72. The van der Waals surface area contributed by atoms with Crippen LogP contribution in [0.1, 0.15) is 6.42 Å². The predicted octanol–water partition coefficient (Wildman–Crippen LogP) is -0.472. The fraction of sp³-hybridized carbons (Fsp3) is 0.857. The highest BCUT2D eigenvalue weighted by Gasteiger charge is 2.17. The molecule has 0 unspecified atom stereocenters. The maximum atomic E-state index is 10.1. The van der Waals surface area contributed by atoms with Gasteiger partial charge in [-0.25, -0.2) is 0 Å². The third kappa shape index (κ3) is 7.29. The van der Waals surface area contributed by atoms with Crippen molar-refractivity contribution in [3.8, 4) is 0 Å². The third-order valence-corrected chi connectivity index (χ3v) is 1.17. The van der Waals surface area contributed by atoms with E-state index in [4.69, 9.17) is 10.2 Å².